The molecule has 0 spiro atoms. The van der Waals surface area contributed by atoms with E-state index in [-0.39, 0.29) is 5.78 Å². The number of carbonyl (C=O) groups excluding carboxylic acids is 1. The van der Waals surface area contributed by atoms with Gasteiger partial charge in [-0.15, -0.1) is 0 Å². The smallest absolute Gasteiger partial charge is 0.194 e. The van der Waals surface area contributed by atoms with E-state index in [4.69, 9.17) is 0 Å². The van der Waals surface area contributed by atoms with Crippen LogP contribution in [-0.4, -0.2) is 9.99 Å². The largest absolute Gasteiger partial charge is 0.289 e. The normalized spacial score (nSPS) is 17.8. The van der Waals surface area contributed by atoms with Gasteiger partial charge in [0.2, 0.25) is 0 Å². The standard InChI is InChI=1S/C15H12O2S/c1-10-6-7-14-13(8-10)15(16)12-5-3-2-4-11(12)9-18(14)17/h2-8H,9H2,1H3/t18-/m1/s1. The highest BCUT2D eigenvalue weighted by atomic mass is 32.2. The van der Waals surface area contributed by atoms with E-state index in [0.717, 1.165) is 11.1 Å². The number of fused-ring (bicyclic) bond motifs is 2. The fourth-order valence-electron chi connectivity index (χ4n) is 2.25. The summed E-state index contributed by atoms with van der Waals surface area (Å²) in [6.07, 6.45) is 0. The molecular weight excluding hydrogens is 244 g/mol. The second kappa shape index (κ2) is 4.18. The van der Waals surface area contributed by atoms with E-state index in [1.54, 1.807) is 0 Å². The maximum absolute atomic E-state index is 12.5. The molecule has 90 valence electrons. The van der Waals surface area contributed by atoms with Gasteiger partial charge in [0.1, 0.15) is 0 Å². The van der Waals surface area contributed by atoms with Crippen LogP contribution >= 0.6 is 0 Å². The first-order valence-corrected chi connectivity index (χ1v) is 7.10. The van der Waals surface area contributed by atoms with Gasteiger partial charge >= 0.3 is 0 Å². The zero-order valence-electron chi connectivity index (χ0n) is 9.97. The maximum Gasteiger partial charge on any atom is 0.194 e. The molecule has 3 rings (SSSR count). The molecule has 0 aromatic heterocycles. The first kappa shape index (κ1) is 11.4. The number of hydrogen-bond donors (Lipinski definition) is 0. The molecule has 0 radical (unpaired) electrons. The van der Waals surface area contributed by atoms with Crippen LogP contribution in [0.5, 0.6) is 0 Å². The Labute approximate surface area is 108 Å². The lowest BCUT2D eigenvalue weighted by atomic mass is 9.98. The van der Waals surface area contributed by atoms with Gasteiger partial charge in [0, 0.05) is 11.1 Å². The average Bonchev–Trinajstić information content (AvgIpc) is 2.47. The molecule has 2 aromatic carbocycles. The van der Waals surface area contributed by atoms with Gasteiger partial charge in [0.15, 0.2) is 5.78 Å². The monoisotopic (exact) mass is 256 g/mol. The van der Waals surface area contributed by atoms with Crippen molar-refractivity contribution >= 4 is 16.6 Å². The van der Waals surface area contributed by atoms with E-state index >= 15 is 0 Å². The van der Waals surface area contributed by atoms with Crippen molar-refractivity contribution in [1.82, 2.24) is 0 Å². The van der Waals surface area contributed by atoms with Crippen molar-refractivity contribution in [2.75, 3.05) is 0 Å². The summed E-state index contributed by atoms with van der Waals surface area (Å²) in [7, 11) is -1.14. The van der Waals surface area contributed by atoms with Gasteiger partial charge in [-0.25, -0.2) is 0 Å². The maximum atomic E-state index is 12.5. The number of aryl methyl sites for hydroxylation is 1. The van der Waals surface area contributed by atoms with Crippen molar-refractivity contribution in [2.45, 2.75) is 17.6 Å². The Morgan fingerprint density at radius 3 is 2.67 bits per heavy atom. The Bertz CT molecular complexity index is 674. The number of rotatable bonds is 0. The molecule has 2 aromatic rings. The van der Waals surface area contributed by atoms with Gasteiger partial charge in [-0.05, 0) is 24.6 Å². The van der Waals surface area contributed by atoms with Gasteiger partial charge in [0.25, 0.3) is 0 Å². The van der Waals surface area contributed by atoms with Crippen molar-refractivity contribution in [3.05, 3.63) is 64.7 Å². The Balaban J connectivity index is 2.30. The fourth-order valence-corrected chi connectivity index (χ4v) is 3.56. The van der Waals surface area contributed by atoms with Crippen LogP contribution in [0.4, 0.5) is 0 Å². The van der Waals surface area contributed by atoms with E-state index in [1.165, 1.54) is 0 Å². The minimum atomic E-state index is -1.14. The van der Waals surface area contributed by atoms with E-state index < -0.39 is 10.8 Å². The zero-order chi connectivity index (χ0) is 12.7. The Morgan fingerprint density at radius 1 is 1.06 bits per heavy atom. The van der Waals surface area contributed by atoms with Gasteiger partial charge in [-0.2, -0.15) is 0 Å². The van der Waals surface area contributed by atoms with Crippen LogP contribution < -0.4 is 0 Å². The Kier molecular flexibility index (Phi) is 2.63. The molecule has 2 nitrogen and oxygen atoms in total. The van der Waals surface area contributed by atoms with Crippen molar-refractivity contribution in [3.63, 3.8) is 0 Å². The van der Waals surface area contributed by atoms with Gasteiger partial charge in [0.05, 0.1) is 21.4 Å². The highest BCUT2D eigenvalue weighted by Crippen LogP contribution is 2.27. The van der Waals surface area contributed by atoms with Gasteiger partial charge < -0.3 is 0 Å². The molecule has 0 bridgehead atoms. The summed E-state index contributed by atoms with van der Waals surface area (Å²) in [5.74, 6) is 0.396. The molecule has 1 aliphatic rings. The molecule has 1 atom stereocenters. The van der Waals surface area contributed by atoms with E-state index in [1.807, 2.05) is 49.4 Å². The number of hydrogen-bond acceptors (Lipinski definition) is 2. The number of carbonyl (C=O) groups is 1. The molecule has 0 fully saturated rings. The van der Waals surface area contributed by atoms with E-state index in [2.05, 4.69) is 0 Å². The summed E-state index contributed by atoms with van der Waals surface area (Å²) in [5.41, 5.74) is 3.14. The van der Waals surface area contributed by atoms with Crippen LogP contribution in [0.15, 0.2) is 47.4 Å². The molecule has 0 unspecified atom stereocenters. The topological polar surface area (TPSA) is 34.1 Å². The van der Waals surface area contributed by atoms with Crippen LogP contribution in [-0.2, 0) is 16.6 Å². The molecule has 18 heavy (non-hydrogen) atoms. The second-order valence-electron chi connectivity index (χ2n) is 4.48. The number of benzene rings is 2. The number of ketones is 1. The van der Waals surface area contributed by atoms with Crippen molar-refractivity contribution in [3.8, 4) is 0 Å². The Hall–Kier alpha value is -1.74. The predicted molar refractivity (Wildman–Crippen MR) is 71.2 cm³/mol. The van der Waals surface area contributed by atoms with Crippen molar-refractivity contribution < 1.29 is 9.00 Å². The highest BCUT2D eigenvalue weighted by molar-refractivity contribution is 7.84. The Morgan fingerprint density at radius 2 is 1.83 bits per heavy atom. The minimum Gasteiger partial charge on any atom is -0.289 e. The minimum absolute atomic E-state index is 0.0184. The molecular formula is C15H12O2S. The molecule has 1 aliphatic heterocycles. The van der Waals surface area contributed by atoms with Crippen LogP contribution in [0.3, 0.4) is 0 Å². The van der Waals surface area contributed by atoms with Crippen molar-refractivity contribution in [1.29, 1.82) is 0 Å². The quantitative estimate of drug-likeness (QED) is 0.726. The summed E-state index contributed by atoms with van der Waals surface area (Å²) in [6.45, 7) is 1.94. The third-order valence-corrected chi connectivity index (χ3v) is 4.59. The summed E-state index contributed by atoms with van der Waals surface area (Å²) in [4.78, 5) is 13.1. The van der Waals surface area contributed by atoms with E-state index in [9.17, 15) is 9.00 Å². The van der Waals surface area contributed by atoms with Crippen molar-refractivity contribution in [2.24, 2.45) is 0 Å². The molecule has 0 amide bonds. The molecule has 0 N–H and O–H groups in total. The van der Waals surface area contributed by atoms with Gasteiger partial charge in [-0.1, -0.05) is 35.9 Å². The first-order valence-electron chi connectivity index (χ1n) is 5.78. The van der Waals surface area contributed by atoms with Crippen LogP contribution in [0.1, 0.15) is 27.0 Å². The summed E-state index contributed by atoms with van der Waals surface area (Å²) >= 11 is 0. The van der Waals surface area contributed by atoms with Crippen LogP contribution in [0, 0.1) is 6.92 Å². The lowest BCUT2D eigenvalue weighted by molar-refractivity contribution is 0.103. The van der Waals surface area contributed by atoms with Gasteiger partial charge in [-0.3, -0.25) is 9.00 Å². The lowest BCUT2D eigenvalue weighted by Crippen LogP contribution is -2.04. The average molecular weight is 256 g/mol. The zero-order valence-corrected chi connectivity index (χ0v) is 10.8. The summed E-state index contributed by atoms with van der Waals surface area (Å²) < 4.78 is 12.3. The van der Waals surface area contributed by atoms with Crippen LogP contribution in [0.2, 0.25) is 0 Å². The second-order valence-corrected chi connectivity index (χ2v) is 5.90. The van der Waals surface area contributed by atoms with E-state index in [0.29, 0.717) is 21.8 Å². The highest BCUT2D eigenvalue weighted by Gasteiger charge is 2.24. The SMILES string of the molecule is Cc1ccc2c(c1)C(=O)c1ccccc1C[S@]2=O. The molecule has 3 heteroatoms. The first-order chi connectivity index (χ1) is 8.66. The summed E-state index contributed by atoms with van der Waals surface area (Å²) in [6, 6.07) is 13.0. The molecule has 0 saturated heterocycles. The molecule has 0 saturated carbocycles. The third kappa shape index (κ3) is 1.71. The third-order valence-electron chi connectivity index (χ3n) is 3.17. The fraction of sp³-hybridized carbons (Fsp3) is 0.133. The molecule has 1 heterocycles. The summed E-state index contributed by atoms with van der Waals surface area (Å²) in [5, 5.41) is 0. The predicted octanol–water partition coefficient (Wildman–Crippen LogP) is 2.85. The molecule has 0 aliphatic carbocycles. The van der Waals surface area contributed by atoms with Crippen LogP contribution in [0.25, 0.3) is 0 Å². The lowest BCUT2D eigenvalue weighted by Gasteiger charge is -2.05.